The van der Waals surface area contributed by atoms with Gasteiger partial charge < -0.3 is 4.74 Å². The van der Waals surface area contributed by atoms with Crippen LogP contribution in [0.3, 0.4) is 0 Å². The van der Waals surface area contributed by atoms with E-state index in [2.05, 4.69) is 10.5 Å². The molecule has 0 saturated heterocycles. The molecule has 1 N–H and O–H groups in total. The maximum atomic E-state index is 10.8. The molecule has 114 valence electrons. The highest BCUT2D eigenvalue weighted by Gasteiger charge is 2.00. The van der Waals surface area contributed by atoms with E-state index in [1.165, 1.54) is 6.92 Å². The highest BCUT2D eigenvalue weighted by Crippen LogP contribution is 2.16. The lowest BCUT2D eigenvalue weighted by atomic mass is 10.1. The Hall–Kier alpha value is -2.33. The first-order chi connectivity index (χ1) is 10.5. The number of hydrazone groups is 1. The van der Waals surface area contributed by atoms with Gasteiger partial charge in [0.25, 0.3) is 0 Å². The molecule has 0 bridgehead atoms. The minimum Gasteiger partial charge on any atom is -0.489 e. The molecule has 5 heteroatoms. The lowest BCUT2D eigenvalue weighted by molar-refractivity contribution is -0.118. The van der Waals surface area contributed by atoms with Gasteiger partial charge >= 0.3 is 0 Å². The maximum Gasteiger partial charge on any atom is 0.236 e. The molecule has 0 aliphatic rings. The van der Waals surface area contributed by atoms with Crippen LogP contribution in [-0.2, 0) is 11.4 Å². The Labute approximate surface area is 134 Å². The van der Waals surface area contributed by atoms with Gasteiger partial charge in [0.05, 0.1) is 5.71 Å². The van der Waals surface area contributed by atoms with Gasteiger partial charge in [0.15, 0.2) is 0 Å². The van der Waals surface area contributed by atoms with Crippen molar-refractivity contribution >= 4 is 23.2 Å². The van der Waals surface area contributed by atoms with E-state index in [1.54, 1.807) is 0 Å². The summed E-state index contributed by atoms with van der Waals surface area (Å²) in [6.45, 7) is 3.74. The second kappa shape index (κ2) is 7.61. The third-order valence-electron chi connectivity index (χ3n) is 2.97. The molecule has 0 radical (unpaired) electrons. The average molecular weight is 317 g/mol. The monoisotopic (exact) mass is 316 g/mol. The van der Waals surface area contributed by atoms with Crippen LogP contribution in [0.15, 0.2) is 53.6 Å². The van der Waals surface area contributed by atoms with Crippen molar-refractivity contribution in [1.82, 2.24) is 5.43 Å². The molecule has 2 rings (SSSR count). The van der Waals surface area contributed by atoms with Crippen LogP contribution in [0.5, 0.6) is 5.75 Å². The van der Waals surface area contributed by atoms with Crippen LogP contribution < -0.4 is 10.2 Å². The van der Waals surface area contributed by atoms with E-state index >= 15 is 0 Å². The second-order valence-corrected chi connectivity index (χ2v) is 5.24. The van der Waals surface area contributed by atoms with E-state index in [9.17, 15) is 4.79 Å². The van der Waals surface area contributed by atoms with Crippen molar-refractivity contribution in [2.45, 2.75) is 20.5 Å². The molecular formula is C17H17ClN2O2. The molecule has 2 aromatic carbocycles. The summed E-state index contributed by atoms with van der Waals surface area (Å²) in [6.07, 6.45) is 0. The molecule has 0 fully saturated rings. The van der Waals surface area contributed by atoms with Crippen LogP contribution in [0.4, 0.5) is 0 Å². The van der Waals surface area contributed by atoms with Crippen LogP contribution in [0, 0.1) is 0 Å². The number of halogens is 1. The second-order valence-electron chi connectivity index (χ2n) is 4.80. The van der Waals surface area contributed by atoms with Crippen molar-refractivity contribution in [3.8, 4) is 5.75 Å². The van der Waals surface area contributed by atoms with E-state index < -0.39 is 0 Å². The average Bonchev–Trinajstić information content (AvgIpc) is 2.52. The zero-order valence-corrected chi connectivity index (χ0v) is 13.2. The lowest BCUT2D eigenvalue weighted by Crippen LogP contribution is -2.14. The third kappa shape index (κ3) is 4.90. The number of carbonyl (C=O) groups excluding carboxylic acids is 1. The molecule has 0 heterocycles. The van der Waals surface area contributed by atoms with Crippen molar-refractivity contribution in [3.63, 3.8) is 0 Å². The molecule has 2 aromatic rings. The summed E-state index contributed by atoms with van der Waals surface area (Å²) >= 11 is 5.84. The number of ether oxygens (including phenoxy) is 1. The van der Waals surface area contributed by atoms with Crippen molar-refractivity contribution in [2.24, 2.45) is 5.10 Å². The van der Waals surface area contributed by atoms with E-state index in [-0.39, 0.29) is 5.91 Å². The lowest BCUT2D eigenvalue weighted by Gasteiger charge is -2.07. The molecule has 0 aliphatic heterocycles. The number of hydrogen-bond donors (Lipinski definition) is 1. The van der Waals surface area contributed by atoms with Gasteiger partial charge in [-0.1, -0.05) is 23.7 Å². The molecule has 0 aromatic heterocycles. The number of benzene rings is 2. The number of amides is 1. The van der Waals surface area contributed by atoms with Crippen LogP contribution in [-0.4, -0.2) is 11.6 Å². The molecule has 0 unspecified atom stereocenters. The summed E-state index contributed by atoms with van der Waals surface area (Å²) in [6, 6.07) is 15.1. The summed E-state index contributed by atoms with van der Waals surface area (Å²) in [4.78, 5) is 10.8. The Morgan fingerprint density at radius 1 is 1.09 bits per heavy atom. The summed E-state index contributed by atoms with van der Waals surface area (Å²) in [5.41, 5.74) is 5.13. The van der Waals surface area contributed by atoms with Crippen LogP contribution >= 0.6 is 11.6 Å². The summed E-state index contributed by atoms with van der Waals surface area (Å²) in [5.74, 6) is 0.577. The zero-order valence-electron chi connectivity index (χ0n) is 12.5. The molecule has 0 spiro atoms. The summed E-state index contributed by atoms with van der Waals surface area (Å²) in [5, 5.41) is 4.70. The molecule has 0 aliphatic carbocycles. The van der Waals surface area contributed by atoms with Crippen LogP contribution in [0.2, 0.25) is 5.02 Å². The molecule has 1 amide bonds. The number of nitrogens with zero attached hydrogens (tertiary/aromatic N) is 1. The molecule has 4 nitrogen and oxygen atoms in total. The smallest absolute Gasteiger partial charge is 0.236 e. The highest BCUT2D eigenvalue weighted by atomic mass is 35.5. The van der Waals surface area contributed by atoms with Gasteiger partial charge in [-0.2, -0.15) is 5.10 Å². The van der Waals surface area contributed by atoms with Crippen molar-refractivity contribution in [1.29, 1.82) is 0 Å². The van der Waals surface area contributed by atoms with Crippen molar-refractivity contribution in [2.75, 3.05) is 0 Å². The van der Waals surface area contributed by atoms with Gasteiger partial charge in [-0.3, -0.25) is 4.79 Å². The fourth-order valence-electron chi connectivity index (χ4n) is 1.77. The fraction of sp³-hybridized carbons (Fsp3) is 0.176. The summed E-state index contributed by atoms with van der Waals surface area (Å²) < 4.78 is 5.71. The van der Waals surface area contributed by atoms with Gasteiger partial charge in [-0.15, -0.1) is 0 Å². The summed E-state index contributed by atoms with van der Waals surface area (Å²) in [7, 11) is 0. The number of nitrogens with one attached hydrogen (secondary N) is 1. The standard InChI is InChI=1S/C17H17ClN2O2/c1-12(19-20-13(2)21)15-5-9-17(10-6-15)22-11-14-3-7-16(18)8-4-14/h3-10H,11H2,1-2H3,(H,20,21). The zero-order chi connectivity index (χ0) is 15.9. The first kappa shape index (κ1) is 16.0. The first-order valence-corrected chi connectivity index (χ1v) is 7.21. The fourth-order valence-corrected chi connectivity index (χ4v) is 1.89. The van der Waals surface area contributed by atoms with Gasteiger partial charge in [-0.05, 0) is 54.4 Å². The van der Waals surface area contributed by atoms with Gasteiger partial charge in [0.2, 0.25) is 5.91 Å². The first-order valence-electron chi connectivity index (χ1n) is 6.83. The Kier molecular flexibility index (Phi) is 5.55. The SMILES string of the molecule is CC(=O)NN=C(C)c1ccc(OCc2ccc(Cl)cc2)cc1. The van der Waals surface area contributed by atoms with Gasteiger partial charge in [-0.25, -0.2) is 5.43 Å². The Morgan fingerprint density at radius 2 is 1.73 bits per heavy atom. The molecule has 22 heavy (non-hydrogen) atoms. The quantitative estimate of drug-likeness (QED) is 0.674. The minimum absolute atomic E-state index is 0.192. The van der Waals surface area contributed by atoms with Crippen molar-refractivity contribution in [3.05, 3.63) is 64.7 Å². The normalized spacial score (nSPS) is 11.1. The van der Waals surface area contributed by atoms with Gasteiger partial charge in [0.1, 0.15) is 12.4 Å². The predicted molar refractivity (Wildman–Crippen MR) is 88.3 cm³/mol. The topological polar surface area (TPSA) is 50.7 Å². The number of rotatable bonds is 5. The third-order valence-corrected chi connectivity index (χ3v) is 3.22. The van der Waals surface area contributed by atoms with E-state index in [0.717, 1.165) is 22.6 Å². The molecule has 0 atom stereocenters. The number of carbonyl (C=O) groups is 1. The van der Waals surface area contributed by atoms with Crippen LogP contribution in [0.1, 0.15) is 25.0 Å². The van der Waals surface area contributed by atoms with Gasteiger partial charge in [0, 0.05) is 11.9 Å². The Bertz CT molecular complexity index is 664. The molecular weight excluding hydrogens is 300 g/mol. The highest BCUT2D eigenvalue weighted by molar-refractivity contribution is 6.30. The minimum atomic E-state index is -0.192. The molecule has 0 saturated carbocycles. The van der Waals surface area contributed by atoms with E-state index in [4.69, 9.17) is 16.3 Å². The maximum absolute atomic E-state index is 10.8. The van der Waals surface area contributed by atoms with E-state index in [0.29, 0.717) is 11.6 Å². The van der Waals surface area contributed by atoms with E-state index in [1.807, 2.05) is 55.5 Å². The van der Waals surface area contributed by atoms with Crippen LogP contribution in [0.25, 0.3) is 0 Å². The predicted octanol–water partition coefficient (Wildman–Crippen LogP) is 3.78. The largest absolute Gasteiger partial charge is 0.489 e. The Balaban J connectivity index is 1.95. The Morgan fingerprint density at radius 3 is 2.32 bits per heavy atom. The number of hydrogen-bond acceptors (Lipinski definition) is 3. The van der Waals surface area contributed by atoms with Crippen molar-refractivity contribution < 1.29 is 9.53 Å².